The van der Waals surface area contributed by atoms with E-state index in [1.165, 1.54) is 97.0 Å². The van der Waals surface area contributed by atoms with Gasteiger partial charge in [0.05, 0.1) is 11.0 Å². The van der Waals surface area contributed by atoms with Gasteiger partial charge >= 0.3 is 0 Å². The average Bonchev–Trinajstić information content (AvgIpc) is 3.67. The van der Waals surface area contributed by atoms with Gasteiger partial charge in [-0.05, 0) is 89.5 Å². The van der Waals surface area contributed by atoms with Crippen molar-refractivity contribution in [2.45, 2.75) is 0 Å². The molecule has 0 bridgehead atoms. The summed E-state index contributed by atoms with van der Waals surface area (Å²) < 4.78 is 2.67. The van der Waals surface area contributed by atoms with Crippen molar-refractivity contribution in [2.75, 3.05) is 0 Å². The Morgan fingerprint density at radius 3 is 1.46 bits per heavy atom. The molecule has 3 heteroatoms. The standard InChI is InChI=1S/C54H32N2S/c1-2-15-46-44(13-1)50-32-34(27-28-47(50)53-52(46)55-29-30-56-53)33-11-5-12-35(31-33)36-16-6-18-38-37(36)17-7-19-39(38)40-20-8-22-42-41(40)21-9-23-43(42)48-24-10-25-49-45-14-3-4-26-51(45)57-54(48)49/h1-32H. The minimum Gasteiger partial charge on any atom is -0.252 e. The Morgan fingerprint density at radius 2 is 0.754 bits per heavy atom. The molecule has 0 aliphatic carbocycles. The monoisotopic (exact) mass is 740 g/mol. The third-order valence-electron chi connectivity index (χ3n) is 11.8. The van der Waals surface area contributed by atoms with Crippen LogP contribution in [0.15, 0.2) is 194 Å². The molecule has 0 aliphatic rings. The number of nitrogens with zero attached hydrogens (tertiary/aromatic N) is 2. The summed E-state index contributed by atoms with van der Waals surface area (Å²) in [5, 5.41) is 12.3. The first kappa shape index (κ1) is 32.1. The summed E-state index contributed by atoms with van der Waals surface area (Å²) in [6.45, 7) is 0. The summed E-state index contributed by atoms with van der Waals surface area (Å²) >= 11 is 1.89. The van der Waals surface area contributed by atoms with E-state index in [0.717, 1.165) is 21.8 Å². The van der Waals surface area contributed by atoms with Gasteiger partial charge in [-0.15, -0.1) is 11.3 Å². The highest BCUT2D eigenvalue weighted by atomic mass is 32.1. The lowest BCUT2D eigenvalue weighted by Crippen LogP contribution is -1.90. The van der Waals surface area contributed by atoms with E-state index in [9.17, 15) is 0 Å². The van der Waals surface area contributed by atoms with Gasteiger partial charge in [-0.25, -0.2) is 0 Å². The summed E-state index contributed by atoms with van der Waals surface area (Å²) in [5.41, 5.74) is 11.7. The molecule has 10 aromatic carbocycles. The van der Waals surface area contributed by atoms with Crippen molar-refractivity contribution in [3.05, 3.63) is 194 Å². The van der Waals surface area contributed by atoms with Gasteiger partial charge in [-0.3, -0.25) is 9.97 Å². The molecule has 0 N–H and O–H groups in total. The Hall–Kier alpha value is -7.20. The van der Waals surface area contributed by atoms with Gasteiger partial charge in [-0.1, -0.05) is 164 Å². The minimum absolute atomic E-state index is 0.939. The highest BCUT2D eigenvalue weighted by Crippen LogP contribution is 2.44. The predicted molar refractivity (Wildman–Crippen MR) is 244 cm³/mol. The Kier molecular flexibility index (Phi) is 7.13. The highest BCUT2D eigenvalue weighted by Gasteiger charge is 2.17. The van der Waals surface area contributed by atoms with E-state index in [1.54, 1.807) is 12.4 Å². The number of rotatable bonds is 4. The molecule has 264 valence electrons. The predicted octanol–water partition coefficient (Wildman–Crippen LogP) is 15.3. The van der Waals surface area contributed by atoms with Crippen LogP contribution in [-0.2, 0) is 0 Å². The van der Waals surface area contributed by atoms with Crippen molar-refractivity contribution >= 4 is 85.6 Å². The lowest BCUT2D eigenvalue weighted by molar-refractivity contribution is 1.31. The first-order valence-corrected chi connectivity index (χ1v) is 20.2. The van der Waals surface area contributed by atoms with Crippen LogP contribution in [0.4, 0.5) is 0 Å². The number of fused-ring (bicyclic) bond motifs is 11. The van der Waals surface area contributed by atoms with Gasteiger partial charge in [0.15, 0.2) is 0 Å². The Morgan fingerprint density at radius 1 is 0.281 bits per heavy atom. The highest BCUT2D eigenvalue weighted by molar-refractivity contribution is 7.26. The Balaban J connectivity index is 0.988. The molecule has 2 heterocycles. The molecule has 12 rings (SSSR count). The molecule has 0 saturated heterocycles. The Labute approximate surface area is 333 Å². The van der Waals surface area contributed by atoms with E-state index in [2.05, 4.69) is 182 Å². The fraction of sp³-hybridized carbons (Fsp3) is 0. The maximum absolute atomic E-state index is 4.76. The van der Waals surface area contributed by atoms with Crippen molar-refractivity contribution in [2.24, 2.45) is 0 Å². The van der Waals surface area contributed by atoms with Gasteiger partial charge in [0.2, 0.25) is 0 Å². The topological polar surface area (TPSA) is 25.8 Å². The van der Waals surface area contributed by atoms with Crippen LogP contribution in [0.5, 0.6) is 0 Å². The molecule has 0 aliphatic heterocycles. The molecule has 0 unspecified atom stereocenters. The van der Waals surface area contributed by atoms with Crippen LogP contribution in [0.1, 0.15) is 0 Å². The van der Waals surface area contributed by atoms with Crippen molar-refractivity contribution in [3.63, 3.8) is 0 Å². The van der Waals surface area contributed by atoms with Crippen LogP contribution >= 0.6 is 11.3 Å². The largest absolute Gasteiger partial charge is 0.252 e. The Bertz CT molecular complexity index is 3560. The second-order valence-corrected chi connectivity index (χ2v) is 15.9. The summed E-state index contributed by atoms with van der Waals surface area (Å²) in [6.07, 6.45) is 3.57. The summed E-state index contributed by atoms with van der Waals surface area (Å²) in [7, 11) is 0. The second-order valence-electron chi connectivity index (χ2n) is 14.8. The van der Waals surface area contributed by atoms with E-state index < -0.39 is 0 Å². The van der Waals surface area contributed by atoms with Gasteiger partial charge < -0.3 is 0 Å². The van der Waals surface area contributed by atoms with Crippen molar-refractivity contribution < 1.29 is 0 Å². The van der Waals surface area contributed by atoms with Gasteiger partial charge in [-0.2, -0.15) is 0 Å². The van der Waals surface area contributed by atoms with E-state index in [0.29, 0.717) is 0 Å². The van der Waals surface area contributed by atoms with Gasteiger partial charge in [0.25, 0.3) is 0 Å². The fourth-order valence-electron chi connectivity index (χ4n) is 9.21. The third-order valence-corrected chi connectivity index (χ3v) is 13.0. The van der Waals surface area contributed by atoms with Crippen LogP contribution in [0.3, 0.4) is 0 Å². The van der Waals surface area contributed by atoms with Crippen LogP contribution < -0.4 is 0 Å². The lowest BCUT2D eigenvalue weighted by atomic mass is 9.88. The normalized spacial score (nSPS) is 11.9. The maximum Gasteiger partial charge on any atom is 0.0971 e. The van der Waals surface area contributed by atoms with Crippen LogP contribution in [-0.4, -0.2) is 9.97 Å². The maximum atomic E-state index is 4.76. The number of hydrogen-bond donors (Lipinski definition) is 0. The summed E-state index contributed by atoms with van der Waals surface area (Å²) in [6, 6.07) is 66.9. The van der Waals surface area contributed by atoms with Crippen LogP contribution in [0.2, 0.25) is 0 Å². The molecule has 2 aromatic heterocycles. The number of benzene rings is 10. The van der Waals surface area contributed by atoms with E-state index in [1.807, 2.05) is 11.3 Å². The lowest BCUT2D eigenvalue weighted by Gasteiger charge is -2.15. The van der Waals surface area contributed by atoms with E-state index in [-0.39, 0.29) is 0 Å². The van der Waals surface area contributed by atoms with E-state index in [4.69, 9.17) is 9.97 Å². The third kappa shape index (κ3) is 4.96. The molecule has 0 spiro atoms. The molecule has 0 amide bonds. The van der Waals surface area contributed by atoms with Gasteiger partial charge in [0.1, 0.15) is 0 Å². The summed E-state index contributed by atoms with van der Waals surface area (Å²) in [4.78, 5) is 9.49. The second kappa shape index (κ2) is 12.7. The molecule has 0 saturated carbocycles. The molecule has 2 nitrogen and oxygen atoms in total. The molecular weight excluding hydrogens is 709 g/mol. The molecule has 57 heavy (non-hydrogen) atoms. The van der Waals surface area contributed by atoms with Gasteiger partial charge in [0, 0.05) is 48.9 Å². The van der Waals surface area contributed by atoms with Crippen molar-refractivity contribution in [1.29, 1.82) is 0 Å². The van der Waals surface area contributed by atoms with Crippen molar-refractivity contribution in [3.8, 4) is 44.5 Å². The first-order chi connectivity index (χ1) is 28.3. The number of aromatic nitrogens is 2. The molecule has 0 radical (unpaired) electrons. The molecule has 0 atom stereocenters. The quantitative estimate of drug-likeness (QED) is 0.168. The van der Waals surface area contributed by atoms with Crippen molar-refractivity contribution in [1.82, 2.24) is 9.97 Å². The minimum atomic E-state index is 0.939. The number of hydrogen-bond acceptors (Lipinski definition) is 3. The number of thiophene rings is 1. The smallest absolute Gasteiger partial charge is 0.0971 e. The van der Waals surface area contributed by atoms with Crippen LogP contribution in [0, 0.1) is 0 Å². The zero-order chi connectivity index (χ0) is 37.5. The SMILES string of the molecule is c1cc(-c2ccc3c(c2)c2ccccc2c2nccnc32)cc(-c2cccc3c(-c4cccc5c(-c6cccc7c6sc6ccccc67)cccc45)cccc23)c1. The van der Waals surface area contributed by atoms with Crippen LogP contribution in [0.25, 0.3) is 119 Å². The average molecular weight is 741 g/mol. The molecule has 0 fully saturated rings. The zero-order valence-corrected chi connectivity index (χ0v) is 31.6. The van der Waals surface area contributed by atoms with E-state index >= 15 is 0 Å². The molecular formula is C54H32N2S. The fourth-order valence-corrected chi connectivity index (χ4v) is 10.4. The first-order valence-electron chi connectivity index (χ1n) is 19.4. The molecule has 12 aromatic rings. The zero-order valence-electron chi connectivity index (χ0n) is 30.8. The summed E-state index contributed by atoms with van der Waals surface area (Å²) in [5.74, 6) is 0.